The molecule has 0 saturated carbocycles. The minimum atomic E-state index is -0.324. The second-order valence-electron chi connectivity index (χ2n) is 4.26. The molecule has 0 fully saturated rings. The third-order valence-corrected chi connectivity index (χ3v) is 2.99. The van der Waals surface area contributed by atoms with Crippen LogP contribution in [0.3, 0.4) is 0 Å². The first-order valence-electron chi connectivity index (χ1n) is 5.85. The molecule has 1 N–H and O–H groups in total. The van der Waals surface area contributed by atoms with E-state index in [4.69, 9.17) is 16.9 Å². The minimum absolute atomic E-state index is 0.218. The zero-order valence-electron chi connectivity index (χ0n) is 10.4. The van der Waals surface area contributed by atoms with Gasteiger partial charge in [0.1, 0.15) is 10.8 Å². The molecule has 19 heavy (non-hydrogen) atoms. The van der Waals surface area contributed by atoms with Gasteiger partial charge < -0.3 is 5.32 Å². The lowest BCUT2D eigenvalue weighted by atomic mass is 10.1. The van der Waals surface area contributed by atoms with Crippen molar-refractivity contribution in [3.05, 3.63) is 41.2 Å². The van der Waals surface area contributed by atoms with Gasteiger partial charge in [0.15, 0.2) is 0 Å². The molecule has 0 saturated heterocycles. The number of nitrogens with one attached hydrogen (secondary N) is 1. The van der Waals surface area contributed by atoms with E-state index < -0.39 is 0 Å². The van der Waals surface area contributed by atoms with Crippen LogP contribution < -0.4 is 5.32 Å². The highest BCUT2D eigenvalue weighted by molar-refractivity contribution is 6.34. The summed E-state index contributed by atoms with van der Waals surface area (Å²) >= 11 is 6.06. The van der Waals surface area contributed by atoms with E-state index in [0.717, 1.165) is 10.8 Å². The second-order valence-corrected chi connectivity index (χ2v) is 4.61. The number of rotatable bonds is 3. The highest BCUT2D eigenvalue weighted by Crippen LogP contribution is 2.22. The van der Waals surface area contributed by atoms with Crippen LogP contribution in [0, 0.1) is 11.3 Å². The third-order valence-electron chi connectivity index (χ3n) is 2.70. The first kappa shape index (κ1) is 13.3. The summed E-state index contributed by atoms with van der Waals surface area (Å²) in [6.45, 7) is 1.77. The lowest BCUT2D eigenvalue weighted by Gasteiger charge is -2.10. The van der Waals surface area contributed by atoms with E-state index in [1.54, 1.807) is 13.0 Å². The van der Waals surface area contributed by atoms with Crippen molar-refractivity contribution in [3.8, 4) is 6.07 Å². The number of benzene rings is 1. The van der Waals surface area contributed by atoms with Crippen LogP contribution in [0.5, 0.6) is 0 Å². The van der Waals surface area contributed by atoms with Crippen LogP contribution in [0.4, 0.5) is 0 Å². The topological polar surface area (TPSA) is 65.8 Å². The van der Waals surface area contributed by atoms with Crippen molar-refractivity contribution in [2.24, 2.45) is 0 Å². The molecule has 0 aliphatic carbocycles. The number of nitrogens with zero attached hydrogens (tertiary/aromatic N) is 2. The average molecular weight is 274 g/mol. The molecule has 0 radical (unpaired) electrons. The SMILES string of the molecule is CC(CC#N)NC(=O)c1cc2ccccc2c(Cl)n1. The minimum Gasteiger partial charge on any atom is -0.347 e. The molecule has 5 heteroatoms. The number of amides is 1. The first-order chi connectivity index (χ1) is 9.11. The third kappa shape index (κ3) is 3.01. The molecule has 1 aromatic carbocycles. The van der Waals surface area contributed by atoms with E-state index in [1.807, 2.05) is 30.3 Å². The summed E-state index contributed by atoms with van der Waals surface area (Å²) < 4.78 is 0. The van der Waals surface area contributed by atoms with Crippen molar-refractivity contribution >= 4 is 28.3 Å². The molecular formula is C14H12ClN3O. The van der Waals surface area contributed by atoms with Gasteiger partial charge in [-0.15, -0.1) is 0 Å². The molecule has 1 heterocycles. The summed E-state index contributed by atoms with van der Waals surface area (Å²) in [4.78, 5) is 16.1. The molecular weight excluding hydrogens is 262 g/mol. The molecule has 1 amide bonds. The van der Waals surface area contributed by atoms with Gasteiger partial charge >= 0.3 is 0 Å². The van der Waals surface area contributed by atoms with Crippen molar-refractivity contribution in [2.75, 3.05) is 0 Å². The van der Waals surface area contributed by atoms with E-state index in [0.29, 0.717) is 5.15 Å². The Bertz CT molecular complexity index is 663. The van der Waals surface area contributed by atoms with Gasteiger partial charge in [-0.1, -0.05) is 35.9 Å². The lowest BCUT2D eigenvalue weighted by molar-refractivity contribution is 0.0936. The molecule has 4 nitrogen and oxygen atoms in total. The fraction of sp³-hybridized carbons (Fsp3) is 0.214. The van der Waals surface area contributed by atoms with Crippen molar-refractivity contribution in [1.29, 1.82) is 5.26 Å². The second kappa shape index (κ2) is 5.68. The highest BCUT2D eigenvalue weighted by Gasteiger charge is 2.13. The van der Waals surface area contributed by atoms with Crippen LogP contribution in [0.25, 0.3) is 10.8 Å². The normalized spacial score (nSPS) is 11.8. The van der Waals surface area contributed by atoms with E-state index in [2.05, 4.69) is 10.3 Å². The summed E-state index contributed by atoms with van der Waals surface area (Å²) in [5.74, 6) is -0.324. The Hall–Kier alpha value is -2.12. The van der Waals surface area contributed by atoms with Gasteiger partial charge in [-0.05, 0) is 18.4 Å². The van der Waals surface area contributed by atoms with E-state index >= 15 is 0 Å². The number of carbonyl (C=O) groups excluding carboxylic acids is 1. The molecule has 2 rings (SSSR count). The first-order valence-corrected chi connectivity index (χ1v) is 6.22. The number of hydrogen-bond donors (Lipinski definition) is 1. The summed E-state index contributed by atoms with van der Waals surface area (Å²) in [6.07, 6.45) is 0.257. The number of nitriles is 1. The predicted octanol–water partition coefficient (Wildman–Crippen LogP) is 2.92. The quantitative estimate of drug-likeness (QED) is 0.875. The molecule has 0 bridgehead atoms. The number of halogens is 1. The van der Waals surface area contributed by atoms with Gasteiger partial charge in [-0.25, -0.2) is 4.98 Å². The maximum absolute atomic E-state index is 12.0. The van der Waals surface area contributed by atoms with Crippen LogP contribution in [0.15, 0.2) is 30.3 Å². The van der Waals surface area contributed by atoms with Crippen LogP contribution in [-0.2, 0) is 0 Å². The molecule has 0 aliphatic rings. The van der Waals surface area contributed by atoms with Crippen molar-refractivity contribution in [2.45, 2.75) is 19.4 Å². The van der Waals surface area contributed by atoms with E-state index in [1.165, 1.54) is 0 Å². The zero-order chi connectivity index (χ0) is 13.8. The lowest BCUT2D eigenvalue weighted by Crippen LogP contribution is -2.32. The molecule has 0 aliphatic heterocycles. The smallest absolute Gasteiger partial charge is 0.270 e. The highest BCUT2D eigenvalue weighted by atomic mass is 35.5. The largest absolute Gasteiger partial charge is 0.347 e. The van der Waals surface area contributed by atoms with Gasteiger partial charge in [0, 0.05) is 11.4 Å². The Morgan fingerprint density at radius 2 is 2.26 bits per heavy atom. The fourth-order valence-electron chi connectivity index (χ4n) is 1.76. The molecule has 1 atom stereocenters. The molecule has 1 unspecified atom stereocenters. The van der Waals surface area contributed by atoms with Crippen molar-refractivity contribution in [3.63, 3.8) is 0 Å². The van der Waals surface area contributed by atoms with E-state index in [-0.39, 0.29) is 24.1 Å². The molecule has 2 aromatic rings. The van der Waals surface area contributed by atoms with Gasteiger partial charge in [0.25, 0.3) is 5.91 Å². The fourth-order valence-corrected chi connectivity index (χ4v) is 2.02. The Labute approximate surface area is 116 Å². The van der Waals surface area contributed by atoms with Crippen molar-refractivity contribution in [1.82, 2.24) is 10.3 Å². The summed E-state index contributed by atoms with van der Waals surface area (Å²) in [5, 5.41) is 13.2. The van der Waals surface area contributed by atoms with Gasteiger partial charge in [-0.2, -0.15) is 5.26 Å². The Kier molecular flexibility index (Phi) is 3.98. The summed E-state index contributed by atoms with van der Waals surface area (Å²) in [6, 6.07) is 10.9. The predicted molar refractivity (Wildman–Crippen MR) is 73.9 cm³/mol. The van der Waals surface area contributed by atoms with Crippen LogP contribution in [-0.4, -0.2) is 16.9 Å². The maximum atomic E-state index is 12.0. The van der Waals surface area contributed by atoms with Gasteiger partial charge in [0.2, 0.25) is 0 Å². The van der Waals surface area contributed by atoms with Crippen molar-refractivity contribution < 1.29 is 4.79 Å². The average Bonchev–Trinajstić information content (AvgIpc) is 2.39. The van der Waals surface area contributed by atoms with Crippen LogP contribution in [0.2, 0.25) is 5.15 Å². The standard InChI is InChI=1S/C14H12ClN3O/c1-9(6-7-16)17-14(19)12-8-10-4-2-3-5-11(10)13(15)18-12/h2-5,8-9H,6H2,1H3,(H,17,19). The van der Waals surface area contributed by atoms with Gasteiger partial charge in [-0.3, -0.25) is 4.79 Å². The number of carbonyl (C=O) groups is 1. The summed E-state index contributed by atoms with van der Waals surface area (Å²) in [5.41, 5.74) is 0.258. The van der Waals surface area contributed by atoms with E-state index in [9.17, 15) is 4.79 Å². The van der Waals surface area contributed by atoms with Crippen LogP contribution in [0.1, 0.15) is 23.8 Å². The zero-order valence-corrected chi connectivity index (χ0v) is 11.1. The van der Waals surface area contributed by atoms with Crippen LogP contribution >= 0.6 is 11.6 Å². The summed E-state index contributed by atoms with van der Waals surface area (Å²) in [7, 11) is 0. The number of aromatic nitrogens is 1. The monoisotopic (exact) mass is 273 g/mol. The Balaban J connectivity index is 2.31. The number of hydrogen-bond acceptors (Lipinski definition) is 3. The molecule has 0 spiro atoms. The molecule has 96 valence electrons. The molecule has 1 aromatic heterocycles. The van der Waals surface area contributed by atoms with Gasteiger partial charge in [0.05, 0.1) is 12.5 Å². The Morgan fingerprint density at radius 3 is 3.00 bits per heavy atom. The number of pyridine rings is 1. The Morgan fingerprint density at radius 1 is 1.53 bits per heavy atom. The number of fused-ring (bicyclic) bond motifs is 1. The maximum Gasteiger partial charge on any atom is 0.270 e.